The summed E-state index contributed by atoms with van der Waals surface area (Å²) >= 11 is 21.1. The van der Waals surface area contributed by atoms with Gasteiger partial charge in [-0.1, -0.05) is 27.7 Å². The van der Waals surface area contributed by atoms with E-state index in [1.165, 1.54) is 51.4 Å². The Balaban J connectivity index is 0.000000569. The topological polar surface area (TPSA) is 25.9 Å². The van der Waals surface area contributed by atoms with Gasteiger partial charge in [-0.05, 0) is 100 Å². The molecular weight excluding hydrogens is 820 g/mol. The molecule has 0 radical (unpaired) electrons. The summed E-state index contributed by atoms with van der Waals surface area (Å²) < 4.78 is 0. The van der Waals surface area contributed by atoms with E-state index in [1.807, 2.05) is 0 Å². The maximum absolute atomic E-state index is 5.27. The van der Waals surface area contributed by atoms with Crippen LogP contribution in [0.4, 0.5) is 0 Å². The Bertz CT molecular complexity index is 723. The molecule has 0 N–H and O–H groups in total. The van der Waals surface area contributed by atoms with Gasteiger partial charge in [0.05, 0.1) is 0 Å². The van der Waals surface area contributed by atoms with E-state index in [2.05, 4.69) is 95.1 Å². The van der Waals surface area contributed by atoms with Crippen LogP contribution in [0.3, 0.4) is 0 Å². The van der Waals surface area contributed by atoms with Crippen molar-refractivity contribution < 1.29 is 21.1 Å². The van der Waals surface area contributed by atoms with E-state index in [0.717, 1.165) is 99.0 Å². The van der Waals surface area contributed by atoms with Crippen LogP contribution < -0.4 is 0 Å². The zero-order valence-corrected chi connectivity index (χ0v) is 35.2. The first-order chi connectivity index (χ1) is 21.0. The van der Waals surface area contributed by atoms with Gasteiger partial charge in [0, 0.05) is 128 Å². The van der Waals surface area contributed by atoms with Gasteiger partial charge < -0.3 is 39.2 Å². The first-order valence-electron chi connectivity index (χ1n) is 17.0. The second-order valence-corrected chi connectivity index (χ2v) is 13.6. The average Bonchev–Trinajstić information content (AvgIpc) is 3.00. The van der Waals surface area contributed by atoms with Gasteiger partial charge in [0.15, 0.2) is 20.4 Å². The molecule has 0 atom stereocenters. The van der Waals surface area contributed by atoms with Crippen LogP contribution in [-0.4, -0.2) is 166 Å². The Morgan fingerprint density at radius 2 is 0.556 bits per heavy atom. The molecule has 8 nitrogen and oxygen atoms in total. The molecular formula is C32H64N8PtS4. The SMILES string of the molecule is CCCN1CCCN(C)C1=S.CCCN1CCCN(C)C1=S.CCCN1CCCN(C)C1=S.CCCN1CCCN(C)C1=S.[Pt]. The first-order valence-corrected chi connectivity index (χ1v) is 18.7. The summed E-state index contributed by atoms with van der Waals surface area (Å²) in [6.07, 6.45) is 9.74. The van der Waals surface area contributed by atoms with Crippen LogP contribution in [0.5, 0.6) is 0 Å². The Hall–Kier alpha value is -0.552. The minimum Gasteiger partial charge on any atom is -0.352 e. The van der Waals surface area contributed by atoms with E-state index in [1.54, 1.807) is 0 Å². The van der Waals surface area contributed by atoms with E-state index < -0.39 is 0 Å². The number of thiocarbonyl (C=S) groups is 4. The van der Waals surface area contributed by atoms with Gasteiger partial charge in [0.2, 0.25) is 0 Å². The van der Waals surface area contributed by atoms with Crippen molar-refractivity contribution in [1.82, 2.24) is 39.2 Å². The molecule has 4 rings (SSSR count). The summed E-state index contributed by atoms with van der Waals surface area (Å²) in [5, 5.41) is 4.10. The fourth-order valence-electron chi connectivity index (χ4n) is 5.64. The molecule has 4 heterocycles. The monoisotopic (exact) mass is 883 g/mol. The van der Waals surface area contributed by atoms with Crippen molar-refractivity contribution in [3.8, 4) is 0 Å². The summed E-state index contributed by atoms with van der Waals surface area (Å²) in [6.45, 7) is 22.3. The molecule has 0 amide bonds. The molecule has 4 fully saturated rings. The van der Waals surface area contributed by atoms with Crippen molar-refractivity contribution >= 4 is 69.3 Å². The van der Waals surface area contributed by atoms with Crippen molar-refractivity contribution in [2.75, 3.05) is 107 Å². The molecule has 13 heteroatoms. The summed E-state index contributed by atoms with van der Waals surface area (Å²) in [6, 6.07) is 0. The maximum Gasteiger partial charge on any atom is 0.171 e. The number of nitrogens with zero attached hydrogens (tertiary/aromatic N) is 8. The van der Waals surface area contributed by atoms with E-state index in [0.29, 0.717) is 0 Å². The Morgan fingerprint density at radius 1 is 0.378 bits per heavy atom. The normalized spacial score (nSPS) is 18.8. The predicted octanol–water partition coefficient (Wildman–Crippen LogP) is 5.27. The second-order valence-electron chi connectivity index (χ2n) is 12.2. The van der Waals surface area contributed by atoms with Crippen LogP contribution in [0, 0.1) is 0 Å². The minimum atomic E-state index is 0. The largest absolute Gasteiger partial charge is 0.352 e. The van der Waals surface area contributed by atoms with Crippen molar-refractivity contribution in [3.05, 3.63) is 0 Å². The molecule has 4 saturated heterocycles. The molecule has 4 aliphatic rings. The third kappa shape index (κ3) is 16.4. The number of rotatable bonds is 8. The molecule has 0 bridgehead atoms. The molecule has 45 heavy (non-hydrogen) atoms. The van der Waals surface area contributed by atoms with Crippen LogP contribution in [0.1, 0.15) is 79.1 Å². The van der Waals surface area contributed by atoms with Crippen LogP contribution in [0.15, 0.2) is 0 Å². The molecule has 0 aromatic heterocycles. The Morgan fingerprint density at radius 3 is 0.711 bits per heavy atom. The second kappa shape index (κ2) is 25.5. The van der Waals surface area contributed by atoms with Gasteiger partial charge in [-0.15, -0.1) is 0 Å². The fraction of sp³-hybridized carbons (Fsp3) is 0.875. The first kappa shape index (κ1) is 44.4. The summed E-state index contributed by atoms with van der Waals surface area (Å²) in [5.41, 5.74) is 0. The van der Waals surface area contributed by atoms with Crippen LogP contribution in [-0.2, 0) is 21.1 Å². The molecule has 0 aromatic rings. The molecule has 0 unspecified atom stereocenters. The summed E-state index contributed by atoms with van der Waals surface area (Å²) in [7, 11) is 8.29. The third-order valence-electron chi connectivity index (χ3n) is 8.05. The zero-order valence-electron chi connectivity index (χ0n) is 29.7. The fourth-order valence-corrected chi connectivity index (χ4v) is 6.73. The smallest absolute Gasteiger partial charge is 0.171 e. The Labute approximate surface area is 313 Å². The molecule has 266 valence electrons. The van der Waals surface area contributed by atoms with Crippen molar-refractivity contribution in [2.45, 2.75) is 79.1 Å². The zero-order chi connectivity index (χ0) is 33.1. The van der Waals surface area contributed by atoms with E-state index >= 15 is 0 Å². The molecule has 4 aliphatic heterocycles. The molecule has 0 saturated carbocycles. The van der Waals surface area contributed by atoms with Gasteiger partial charge in [-0.2, -0.15) is 0 Å². The van der Waals surface area contributed by atoms with Crippen molar-refractivity contribution in [3.63, 3.8) is 0 Å². The number of hydrogen-bond acceptors (Lipinski definition) is 4. The van der Waals surface area contributed by atoms with Crippen molar-refractivity contribution in [1.29, 1.82) is 0 Å². The van der Waals surface area contributed by atoms with Gasteiger partial charge in [0.25, 0.3) is 0 Å². The summed E-state index contributed by atoms with van der Waals surface area (Å²) in [4.78, 5) is 17.8. The minimum absolute atomic E-state index is 0. The van der Waals surface area contributed by atoms with E-state index in [-0.39, 0.29) is 21.1 Å². The third-order valence-corrected chi connectivity index (χ3v) is 10.3. The van der Waals surface area contributed by atoms with Gasteiger partial charge in [-0.25, -0.2) is 0 Å². The van der Waals surface area contributed by atoms with Crippen LogP contribution in [0.2, 0.25) is 0 Å². The van der Waals surface area contributed by atoms with Gasteiger partial charge in [0.1, 0.15) is 0 Å². The predicted molar refractivity (Wildman–Crippen MR) is 207 cm³/mol. The molecule has 0 aliphatic carbocycles. The van der Waals surface area contributed by atoms with E-state index in [4.69, 9.17) is 48.9 Å². The van der Waals surface area contributed by atoms with Gasteiger partial charge in [-0.3, -0.25) is 0 Å². The number of hydrogen-bond donors (Lipinski definition) is 0. The Kier molecular flexibility index (Phi) is 25.2. The van der Waals surface area contributed by atoms with E-state index in [9.17, 15) is 0 Å². The maximum atomic E-state index is 5.27. The average molecular weight is 884 g/mol. The van der Waals surface area contributed by atoms with Crippen LogP contribution in [0.25, 0.3) is 0 Å². The molecule has 0 spiro atoms. The molecule has 0 aromatic carbocycles. The summed E-state index contributed by atoms with van der Waals surface area (Å²) in [5.74, 6) is 0. The van der Waals surface area contributed by atoms with Crippen molar-refractivity contribution in [2.24, 2.45) is 0 Å². The quantitative estimate of drug-likeness (QED) is 0.298. The van der Waals surface area contributed by atoms with Gasteiger partial charge >= 0.3 is 0 Å². The van der Waals surface area contributed by atoms with Crippen LogP contribution >= 0.6 is 48.9 Å². The standard InChI is InChI=1S/4C8H16N2S.Pt/c4*1-3-5-10-7-4-6-9(2)8(10)11;/h4*3-7H2,1-2H3;.